The summed E-state index contributed by atoms with van der Waals surface area (Å²) >= 11 is 0. The highest BCUT2D eigenvalue weighted by Gasteiger charge is 2.37. The van der Waals surface area contributed by atoms with Crippen LogP contribution in [-0.2, 0) is 14.3 Å². The summed E-state index contributed by atoms with van der Waals surface area (Å²) in [6.07, 6.45) is -0.310. The monoisotopic (exact) mass is 337 g/mol. The average molecular weight is 337 g/mol. The summed E-state index contributed by atoms with van der Waals surface area (Å²) in [4.78, 5) is 41.1. The molecule has 0 saturated carbocycles. The van der Waals surface area contributed by atoms with Gasteiger partial charge in [0.05, 0.1) is 12.8 Å². The van der Waals surface area contributed by atoms with E-state index in [1.165, 1.54) is 11.7 Å². The third-order valence-electron chi connectivity index (χ3n) is 3.75. The first kappa shape index (κ1) is 18.0. The molecule has 0 spiro atoms. The summed E-state index contributed by atoms with van der Waals surface area (Å²) in [6, 6.07) is -0.736. The number of nitrogens with one attached hydrogen (secondary N) is 1. The van der Waals surface area contributed by atoms with Gasteiger partial charge in [-0.15, -0.1) is 0 Å². The molecule has 1 aliphatic rings. The Morgan fingerprint density at radius 1 is 1.33 bits per heavy atom. The molecule has 132 valence electrons. The lowest BCUT2D eigenvalue weighted by atomic mass is 10.1. The number of amides is 1. The number of anilines is 1. The standard InChI is InChI=1S/C16H23N3O5/c1-8-7-10(14(21)23-6)19-12(8)17-9(2)11(13(19)20)18-15(22)24-16(3,4)5/h8,10H,7H2,1-6H3,(H,18,22)/t8-,10+/m1/s1. The highest BCUT2D eigenvalue weighted by molar-refractivity contribution is 5.85. The van der Waals surface area contributed by atoms with Gasteiger partial charge in [0, 0.05) is 5.92 Å². The number of fused-ring (bicyclic) bond motifs is 1. The first-order chi connectivity index (χ1) is 11.0. The van der Waals surface area contributed by atoms with Gasteiger partial charge in [-0.1, -0.05) is 6.92 Å². The van der Waals surface area contributed by atoms with Gasteiger partial charge in [-0.3, -0.25) is 14.7 Å². The molecule has 1 aromatic rings. The van der Waals surface area contributed by atoms with Crippen LogP contribution < -0.4 is 10.9 Å². The van der Waals surface area contributed by atoms with E-state index in [-0.39, 0.29) is 11.6 Å². The molecule has 2 rings (SSSR count). The van der Waals surface area contributed by atoms with Crippen LogP contribution in [0.2, 0.25) is 0 Å². The number of carbonyl (C=O) groups is 2. The van der Waals surface area contributed by atoms with Crippen molar-refractivity contribution in [2.45, 2.75) is 58.6 Å². The Kier molecular flexibility index (Phi) is 4.68. The van der Waals surface area contributed by atoms with Crippen molar-refractivity contribution in [3.63, 3.8) is 0 Å². The Hall–Kier alpha value is -2.38. The molecule has 1 aromatic heterocycles. The summed E-state index contributed by atoms with van der Waals surface area (Å²) in [5.74, 6) is -0.0460. The van der Waals surface area contributed by atoms with Crippen molar-refractivity contribution in [2.24, 2.45) is 0 Å². The van der Waals surface area contributed by atoms with E-state index in [1.54, 1.807) is 27.7 Å². The number of hydrogen-bond acceptors (Lipinski definition) is 6. The molecule has 0 aliphatic carbocycles. The zero-order valence-electron chi connectivity index (χ0n) is 14.8. The van der Waals surface area contributed by atoms with Gasteiger partial charge in [0.15, 0.2) is 0 Å². The Morgan fingerprint density at radius 3 is 2.50 bits per heavy atom. The maximum Gasteiger partial charge on any atom is 0.412 e. The third kappa shape index (κ3) is 3.42. The summed E-state index contributed by atoms with van der Waals surface area (Å²) in [5.41, 5.74) is -0.782. The Labute approximate surface area is 140 Å². The van der Waals surface area contributed by atoms with Gasteiger partial charge in [0.25, 0.3) is 5.56 Å². The van der Waals surface area contributed by atoms with Crippen molar-refractivity contribution in [2.75, 3.05) is 12.4 Å². The number of rotatable bonds is 2. The van der Waals surface area contributed by atoms with Gasteiger partial charge < -0.3 is 9.47 Å². The minimum atomic E-state index is -0.745. The number of carbonyl (C=O) groups excluding carboxylic acids is 2. The maximum absolute atomic E-state index is 12.8. The molecule has 0 radical (unpaired) electrons. The average Bonchev–Trinajstić information content (AvgIpc) is 2.78. The summed E-state index contributed by atoms with van der Waals surface area (Å²) in [7, 11) is 1.28. The number of esters is 1. The van der Waals surface area contributed by atoms with Gasteiger partial charge in [-0.25, -0.2) is 14.6 Å². The van der Waals surface area contributed by atoms with Crippen LogP contribution in [0.4, 0.5) is 10.5 Å². The molecule has 0 bridgehead atoms. The highest BCUT2D eigenvalue weighted by atomic mass is 16.6. The minimum absolute atomic E-state index is 0.0102. The molecule has 1 amide bonds. The van der Waals surface area contributed by atoms with E-state index in [0.717, 1.165) is 0 Å². The van der Waals surface area contributed by atoms with Crippen molar-refractivity contribution in [3.05, 3.63) is 21.9 Å². The lowest BCUT2D eigenvalue weighted by Gasteiger charge is -2.20. The second-order valence-electron chi connectivity index (χ2n) is 6.91. The summed E-state index contributed by atoms with van der Waals surface area (Å²) in [5, 5.41) is 2.45. The minimum Gasteiger partial charge on any atom is -0.467 e. The number of aryl methyl sites for hydroxylation is 1. The SMILES string of the molecule is COC(=O)[C@@H]1C[C@@H](C)c2nc(C)c(NC(=O)OC(C)(C)C)c(=O)n21. The van der Waals surface area contributed by atoms with Crippen LogP contribution in [0, 0.1) is 6.92 Å². The fourth-order valence-electron chi connectivity index (χ4n) is 2.74. The Balaban J connectivity index is 2.44. The van der Waals surface area contributed by atoms with Crippen LogP contribution in [0.15, 0.2) is 4.79 Å². The zero-order valence-corrected chi connectivity index (χ0v) is 14.8. The van der Waals surface area contributed by atoms with Gasteiger partial charge in [0.1, 0.15) is 23.2 Å². The molecule has 1 N–H and O–H groups in total. The second kappa shape index (κ2) is 6.26. The van der Waals surface area contributed by atoms with E-state index in [1.807, 2.05) is 6.92 Å². The predicted octanol–water partition coefficient (Wildman–Crippen LogP) is 2.12. The van der Waals surface area contributed by atoms with E-state index in [4.69, 9.17) is 9.47 Å². The fourth-order valence-corrected chi connectivity index (χ4v) is 2.74. The van der Waals surface area contributed by atoms with E-state index in [9.17, 15) is 14.4 Å². The highest BCUT2D eigenvalue weighted by Crippen LogP contribution is 2.34. The topological polar surface area (TPSA) is 99.5 Å². The van der Waals surface area contributed by atoms with E-state index in [0.29, 0.717) is 17.9 Å². The van der Waals surface area contributed by atoms with Crippen LogP contribution in [-0.4, -0.2) is 34.3 Å². The molecular weight excluding hydrogens is 314 g/mol. The van der Waals surface area contributed by atoms with Gasteiger partial charge in [-0.05, 0) is 34.1 Å². The van der Waals surface area contributed by atoms with Crippen molar-refractivity contribution in [3.8, 4) is 0 Å². The van der Waals surface area contributed by atoms with E-state index < -0.39 is 29.3 Å². The summed E-state index contributed by atoms with van der Waals surface area (Å²) < 4.78 is 11.2. The molecule has 0 unspecified atom stereocenters. The first-order valence-electron chi connectivity index (χ1n) is 7.76. The molecule has 1 aliphatic heterocycles. The van der Waals surface area contributed by atoms with Crippen molar-refractivity contribution >= 4 is 17.7 Å². The Morgan fingerprint density at radius 2 is 1.96 bits per heavy atom. The van der Waals surface area contributed by atoms with E-state index in [2.05, 4.69) is 10.3 Å². The lowest BCUT2D eigenvalue weighted by molar-refractivity contribution is -0.144. The number of nitrogens with zero attached hydrogens (tertiary/aromatic N) is 2. The largest absolute Gasteiger partial charge is 0.467 e. The molecule has 2 atom stereocenters. The maximum atomic E-state index is 12.8. The lowest BCUT2D eigenvalue weighted by Crippen LogP contribution is -2.34. The van der Waals surface area contributed by atoms with Gasteiger partial charge in [-0.2, -0.15) is 0 Å². The number of aromatic nitrogens is 2. The zero-order chi connectivity index (χ0) is 18.2. The van der Waals surface area contributed by atoms with Crippen molar-refractivity contribution in [1.29, 1.82) is 0 Å². The number of methoxy groups -OCH3 is 1. The quantitative estimate of drug-likeness (QED) is 0.830. The van der Waals surface area contributed by atoms with Gasteiger partial charge in [0.2, 0.25) is 0 Å². The van der Waals surface area contributed by atoms with Crippen LogP contribution in [0.25, 0.3) is 0 Å². The predicted molar refractivity (Wildman–Crippen MR) is 87.2 cm³/mol. The Bertz CT molecular complexity index is 732. The summed E-state index contributed by atoms with van der Waals surface area (Å²) in [6.45, 7) is 8.70. The molecule has 8 heteroatoms. The number of hydrogen-bond donors (Lipinski definition) is 1. The second-order valence-corrected chi connectivity index (χ2v) is 6.91. The molecule has 0 fully saturated rings. The molecule has 8 nitrogen and oxygen atoms in total. The molecule has 0 saturated heterocycles. The smallest absolute Gasteiger partial charge is 0.412 e. The van der Waals surface area contributed by atoms with Crippen molar-refractivity contribution in [1.82, 2.24) is 9.55 Å². The van der Waals surface area contributed by atoms with Crippen molar-refractivity contribution < 1.29 is 19.1 Å². The third-order valence-corrected chi connectivity index (χ3v) is 3.75. The number of ether oxygens (including phenoxy) is 2. The van der Waals surface area contributed by atoms with Crippen LogP contribution in [0.3, 0.4) is 0 Å². The molecule has 2 heterocycles. The molecule has 24 heavy (non-hydrogen) atoms. The normalized spacial score (nSPS) is 19.6. The molecule has 0 aromatic carbocycles. The molecular formula is C16H23N3O5. The first-order valence-corrected chi connectivity index (χ1v) is 7.76. The van der Waals surface area contributed by atoms with E-state index >= 15 is 0 Å². The fraction of sp³-hybridized carbons (Fsp3) is 0.625. The van der Waals surface area contributed by atoms with Crippen LogP contribution >= 0.6 is 0 Å². The van der Waals surface area contributed by atoms with Crippen LogP contribution in [0.1, 0.15) is 57.6 Å². The van der Waals surface area contributed by atoms with Crippen LogP contribution in [0.5, 0.6) is 0 Å². The van der Waals surface area contributed by atoms with Gasteiger partial charge >= 0.3 is 12.1 Å².